The molecule has 19 heavy (non-hydrogen) atoms. The van der Waals surface area contributed by atoms with Crippen LogP contribution in [-0.2, 0) is 4.79 Å². The Kier molecular flexibility index (Phi) is 4.80. The number of carbonyl (C=O) groups is 1. The molecule has 4 nitrogen and oxygen atoms in total. The molecular weight excluding hydrogens is 306 g/mol. The summed E-state index contributed by atoms with van der Waals surface area (Å²) in [6, 6.07) is 3.97. The van der Waals surface area contributed by atoms with Crippen molar-refractivity contribution in [1.82, 2.24) is 9.88 Å². The molecule has 5 heteroatoms. The van der Waals surface area contributed by atoms with Crippen molar-refractivity contribution in [2.45, 2.75) is 19.8 Å². The summed E-state index contributed by atoms with van der Waals surface area (Å²) in [5.74, 6) is 1.82. The fourth-order valence-corrected chi connectivity index (χ4v) is 2.84. The van der Waals surface area contributed by atoms with Crippen LogP contribution in [0.4, 0.5) is 5.82 Å². The molecule has 2 rings (SSSR count). The topological polar surface area (TPSA) is 36.4 Å². The highest BCUT2D eigenvalue weighted by Gasteiger charge is 2.22. The van der Waals surface area contributed by atoms with Gasteiger partial charge in [0.05, 0.1) is 0 Å². The number of aromatic nitrogens is 1. The van der Waals surface area contributed by atoms with Crippen LogP contribution in [0, 0.1) is 5.92 Å². The molecule has 0 radical (unpaired) electrons. The van der Waals surface area contributed by atoms with E-state index in [2.05, 4.69) is 32.9 Å². The molecule has 0 aromatic carbocycles. The normalized spacial score (nSPS) is 16.5. The van der Waals surface area contributed by atoms with Crippen LogP contribution in [0.2, 0.25) is 0 Å². The maximum absolute atomic E-state index is 11.3. The Morgan fingerprint density at radius 2 is 2.21 bits per heavy atom. The molecule has 0 spiro atoms. The maximum atomic E-state index is 11.3. The number of halogens is 1. The van der Waals surface area contributed by atoms with Gasteiger partial charge in [-0.25, -0.2) is 4.98 Å². The van der Waals surface area contributed by atoms with Crippen molar-refractivity contribution in [2.24, 2.45) is 5.92 Å². The molecule has 0 atom stereocenters. The van der Waals surface area contributed by atoms with Gasteiger partial charge in [0.15, 0.2) is 0 Å². The van der Waals surface area contributed by atoms with Crippen molar-refractivity contribution in [3.63, 3.8) is 0 Å². The van der Waals surface area contributed by atoms with Gasteiger partial charge >= 0.3 is 0 Å². The van der Waals surface area contributed by atoms with E-state index in [1.807, 2.05) is 23.2 Å². The molecule has 1 saturated heterocycles. The van der Waals surface area contributed by atoms with Gasteiger partial charge in [0.25, 0.3) is 0 Å². The number of amides is 1. The fourth-order valence-electron chi connectivity index (χ4n) is 2.51. The molecule has 0 aliphatic carbocycles. The molecule has 1 aliphatic heterocycles. The quantitative estimate of drug-likeness (QED) is 0.856. The first-order valence-corrected chi connectivity index (χ1v) is 7.44. The van der Waals surface area contributed by atoms with Crippen LogP contribution >= 0.6 is 15.9 Å². The summed E-state index contributed by atoms with van der Waals surface area (Å²) >= 11 is 3.47. The molecule has 1 aliphatic rings. The SMILES string of the molecule is CC(=O)N1CCC(CN(C)c2cc(Br)ccn2)CC1. The van der Waals surface area contributed by atoms with Crippen LogP contribution < -0.4 is 4.90 Å². The van der Waals surface area contributed by atoms with E-state index in [1.165, 1.54) is 0 Å². The minimum Gasteiger partial charge on any atom is -0.359 e. The summed E-state index contributed by atoms with van der Waals surface area (Å²) in [5, 5.41) is 0. The van der Waals surface area contributed by atoms with Gasteiger partial charge < -0.3 is 9.80 Å². The van der Waals surface area contributed by atoms with Crippen LogP contribution in [0.15, 0.2) is 22.8 Å². The largest absolute Gasteiger partial charge is 0.359 e. The standard InChI is InChI=1S/C14H20BrN3O/c1-11(19)18-7-4-12(5-8-18)10-17(2)14-9-13(15)3-6-16-14/h3,6,9,12H,4-5,7-8,10H2,1-2H3. The van der Waals surface area contributed by atoms with E-state index in [1.54, 1.807) is 6.92 Å². The van der Waals surface area contributed by atoms with Gasteiger partial charge in [0.1, 0.15) is 5.82 Å². The fraction of sp³-hybridized carbons (Fsp3) is 0.571. The number of pyridine rings is 1. The van der Waals surface area contributed by atoms with Crippen LogP contribution in [0.25, 0.3) is 0 Å². The molecule has 0 saturated carbocycles. The number of piperidine rings is 1. The third-order valence-electron chi connectivity index (χ3n) is 3.69. The summed E-state index contributed by atoms with van der Waals surface area (Å²) in [4.78, 5) is 19.8. The lowest BCUT2D eigenvalue weighted by Gasteiger charge is -2.33. The van der Waals surface area contributed by atoms with Crippen molar-refractivity contribution < 1.29 is 4.79 Å². The monoisotopic (exact) mass is 325 g/mol. The minimum absolute atomic E-state index is 0.195. The van der Waals surface area contributed by atoms with Crippen LogP contribution in [-0.4, -0.2) is 42.5 Å². The summed E-state index contributed by atoms with van der Waals surface area (Å²) in [5.41, 5.74) is 0. The number of anilines is 1. The van der Waals surface area contributed by atoms with Crippen molar-refractivity contribution in [1.29, 1.82) is 0 Å². The summed E-state index contributed by atoms with van der Waals surface area (Å²) in [6.45, 7) is 4.42. The molecule has 1 amide bonds. The summed E-state index contributed by atoms with van der Waals surface area (Å²) < 4.78 is 1.05. The van der Waals surface area contributed by atoms with E-state index in [4.69, 9.17) is 0 Å². The van der Waals surface area contributed by atoms with E-state index >= 15 is 0 Å². The molecule has 0 N–H and O–H groups in total. The Morgan fingerprint density at radius 1 is 1.53 bits per heavy atom. The van der Waals surface area contributed by atoms with Crippen LogP contribution in [0.5, 0.6) is 0 Å². The Hall–Kier alpha value is -1.10. The third kappa shape index (κ3) is 3.93. The van der Waals surface area contributed by atoms with Gasteiger partial charge in [-0.05, 0) is 30.9 Å². The Morgan fingerprint density at radius 3 is 2.79 bits per heavy atom. The van der Waals surface area contributed by atoms with Gasteiger partial charge in [0.2, 0.25) is 5.91 Å². The van der Waals surface area contributed by atoms with Crippen molar-refractivity contribution >= 4 is 27.7 Å². The van der Waals surface area contributed by atoms with Gasteiger partial charge in [-0.15, -0.1) is 0 Å². The number of hydrogen-bond acceptors (Lipinski definition) is 3. The molecule has 1 fully saturated rings. The van der Waals surface area contributed by atoms with Gasteiger partial charge in [-0.2, -0.15) is 0 Å². The molecule has 0 bridgehead atoms. The summed E-state index contributed by atoms with van der Waals surface area (Å²) in [6.07, 6.45) is 3.98. The van der Waals surface area contributed by atoms with Crippen molar-refractivity contribution in [2.75, 3.05) is 31.6 Å². The second-order valence-corrected chi connectivity index (χ2v) is 6.08. The maximum Gasteiger partial charge on any atom is 0.219 e. The average Bonchev–Trinajstić information content (AvgIpc) is 2.39. The predicted molar refractivity (Wildman–Crippen MR) is 80.2 cm³/mol. The predicted octanol–water partition coefficient (Wildman–Crippen LogP) is 2.54. The molecule has 1 aromatic heterocycles. The lowest BCUT2D eigenvalue weighted by molar-refractivity contribution is -0.130. The first-order valence-electron chi connectivity index (χ1n) is 6.64. The smallest absolute Gasteiger partial charge is 0.219 e. The first kappa shape index (κ1) is 14.3. The van der Waals surface area contributed by atoms with Crippen LogP contribution in [0.3, 0.4) is 0 Å². The Bertz CT molecular complexity index is 444. The average molecular weight is 326 g/mol. The van der Waals surface area contributed by atoms with E-state index in [9.17, 15) is 4.79 Å². The molecule has 1 aromatic rings. The number of likely N-dealkylation sites (tertiary alicyclic amines) is 1. The minimum atomic E-state index is 0.195. The van der Waals surface area contributed by atoms with E-state index in [-0.39, 0.29) is 5.91 Å². The van der Waals surface area contributed by atoms with E-state index in [0.29, 0.717) is 5.92 Å². The molecule has 104 valence electrons. The highest BCUT2D eigenvalue weighted by atomic mass is 79.9. The number of rotatable bonds is 3. The highest BCUT2D eigenvalue weighted by Crippen LogP contribution is 2.21. The zero-order chi connectivity index (χ0) is 13.8. The van der Waals surface area contributed by atoms with Crippen molar-refractivity contribution in [3.8, 4) is 0 Å². The highest BCUT2D eigenvalue weighted by molar-refractivity contribution is 9.10. The molecular formula is C14H20BrN3O. The van der Waals surface area contributed by atoms with E-state index < -0.39 is 0 Å². The lowest BCUT2D eigenvalue weighted by Crippen LogP contribution is -2.40. The number of hydrogen-bond donors (Lipinski definition) is 0. The molecule has 0 unspecified atom stereocenters. The van der Waals surface area contributed by atoms with E-state index in [0.717, 1.165) is 42.8 Å². The Labute approximate surface area is 122 Å². The number of nitrogens with zero attached hydrogens (tertiary/aromatic N) is 3. The second-order valence-electron chi connectivity index (χ2n) is 5.16. The first-order chi connectivity index (χ1) is 9.06. The van der Waals surface area contributed by atoms with Gasteiger partial charge in [-0.3, -0.25) is 4.79 Å². The molecule has 2 heterocycles. The lowest BCUT2D eigenvalue weighted by atomic mass is 9.96. The van der Waals surface area contributed by atoms with Crippen LogP contribution in [0.1, 0.15) is 19.8 Å². The Balaban J connectivity index is 1.87. The zero-order valence-electron chi connectivity index (χ0n) is 11.5. The third-order valence-corrected chi connectivity index (χ3v) is 4.18. The summed E-state index contributed by atoms with van der Waals surface area (Å²) in [7, 11) is 2.08. The number of carbonyl (C=O) groups excluding carboxylic acids is 1. The second kappa shape index (κ2) is 6.37. The van der Waals surface area contributed by atoms with Gasteiger partial charge in [-0.1, -0.05) is 15.9 Å². The van der Waals surface area contributed by atoms with Gasteiger partial charge in [0, 0.05) is 44.3 Å². The zero-order valence-corrected chi connectivity index (χ0v) is 13.1. The van der Waals surface area contributed by atoms with Crippen molar-refractivity contribution in [3.05, 3.63) is 22.8 Å².